The van der Waals surface area contributed by atoms with Crippen molar-refractivity contribution >= 4 is 163 Å². The van der Waals surface area contributed by atoms with Gasteiger partial charge >= 0.3 is 0 Å². The zero-order valence-corrected chi connectivity index (χ0v) is 68.7. The quantitative estimate of drug-likeness (QED) is 0.124. The molecule has 0 bridgehead atoms. The van der Waals surface area contributed by atoms with Gasteiger partial charge in [-0.05, 0) is 174 Å². The number of aromatic nitrogens is 9. The zero-order valence-electron chi connectivity index (χ0n) is 67.8. The Morgan fingerprint density at radius 2 is 0.488 bits per heavy atom. The molecule has 0 saturated heterocycles. The van der Waals surface area contributed by atoms with Crippen molar-refractivity contribution in [2.24, 2.45) is 0 Å². The van der Waals surface area contributed by atoms with Crippen molar-refractivity contribution in [3.63, 3.8) is 0 Å². The number of furan rings is 3. The van der Waals surface area contributed by atoms with Gasteiger partial charge in [0, 0.05) is 141 Å². The van der Waals surface area contributed by atoms with Gasteiger partial charge in [-0.15, -0.1) is 11.3 Å². The maximum Gasteiger partial charge on any atom is 0.164 e. The molecule has 0 N–H and O–H groups in total. The van der Waals surface area contributed by atoms with Crippen molar-refractivity contribution in [3.8, 4) is 108 Å². The third-order valence-corrected chi connectivity index (χ3v) is 26.2. The molecule has 0 radical (unpaired) electrons. The third kappa shape index (κ3) is 11.9. The fourth-order valence-electron chi connectivity index (χ4n) is 19.1. The molecule has 0 saturated carbocycles. The van der Waals surface area contributed by atoms with E-state index in [1.807, 2.05) is 163 Å². The third-order valence-electron chi connectivity index (χ3n) is 25.0. The van der Waals surface area contributed by atoms with Gasteiger partial charge in [0.05, 0.1) is 33.1 Å². The summed E-state index contributed by atoms with van der Waals surface area (Å²) in [6.07, 6.45) is 0. The molecular formula is C114H67N9O3S. The number of para-hydroxylation sites is 6. The van der Waals surface area contributed by atoms with E-state index in [0.717, 1.165) is 172 Å². The molecular weight excluding hydrogens is 1580 g/mol. The SMILES string of the molecule is c1ccc(-c2nc(-c3ccccc3)nc(-c3ccc(-n4c5ccccc5c5cc(-n6c7ccccc7c7cc(-c8cccc9c8oc8ccccc89)ccc76)ccc54)cc3)n2)cc1.c1ccc(-c2nc(-c3ccccc3)nc(-c3ccc4sc5ccc(-n6c7ccccc7c7cc(-c8ccc9oc%10cc%11c(cc%10c9c8)oc8ccccc8%11)ccc76)cc5c4c3)n2)cc1. The van der Waals surface area contributed by atoms with Crippen molar-refractivity contribution in [2.45, 2.75) is 0 Å². The molecule has 9 heterocycles. The van der Waals surface area contributed by atoms with Gasteiger partial charge in [-0.2, -0.15) is 0 Å². The Balaban J connectivity index is 0.000000135. The van der Waals surface area contributed by atoms with Crippen LogP contribution in [0.3, 0.4) is 0 Å². The molecule has 0 unspecified atom stereocenters. The molecule has 0 amide bonds. The fraction of sp³-hybridized carbons (Fsp3) is 0. The molecule has 18 aromatic carbocycles. The minimum absolute atomic E-state index is 0.631. The van der Waals surface area contributed by atoms with E-state index in [-0.39, 0.29) is 0 Å². The first kappa shape index (κ1) is 71.7. The van der Waals surface area contributed by atoms with E-state index in [1.54, 1.807) is 0 Å². The highest BCUT2D eigenvalue weighted by Gasteiger charge is 2.24. The zero-order chi connectivity index (χ0) is 83.3. The lowest BCUT2D eigenvalue weighted by Crippen LogP contribution is -2.00. The maximum absolute atomic E-state index is 6.47. The molecule has 12 nitrogen and oxygen atoms in total. The Bertz CT molecular complexity index is 9050. The Morgan fingerprint density at radius 1 is 0.173 bits per heavy atom. The lowest BCUT2D eigenvalue weighted by molar-refractivity contribution is 0.664. The largest absolute Gasteiger partial charge is 0.456 e. The first-order valence-corrected chi connectivity index (χ1v) is 43.3. The topological polar surface area (TPSA) is 132 Å². The summed E-state index contributed by atoms with van der Waals surface area (Å²) in [5.41, 5.74) is 25.6. The second kappa shape index (κ2) is 28.8. The van der Waals surface area contributed by atoms with Gasteiger partial charge in [0.1, 0.15) is 33.5 Å². The number of thiophene rings is 1. The number of benzene rings is 18. The van der Waals surface area contributed by atoms with E-state index in [0.29, 0.717) is 34.9 Å². The van der Waals surface area contributed by atoms with Gasteiger partial charge in [-0.3, -0.25) is 0 Å². The summed E-state index contributed by atoms with van der Waals surface area (Å²) in [7, 11) is 0. The molecule has 592 valence electrons. The second-order valence-electron chi connectivity index (χ2n) is 32.4. The van der Waals surface area contributed by atoms with Crippen LogP contribution < -0.4 is 0 Å². The lowest BCUT2D eigenvalue weighted by Gasteiger charge is -2.12. The smallest absolute Gasteiger partial charge is 0.164 e. The first-order chi connectivity index (χ1) is 62.9. The Kier molecular flexibility index (Phi) is 16.3. The Morgan fingerprint density at radius 3 is 1.02 bits per heavy atom. The van der Waals surface area contributed by atoms with Crippen LogP contribution in [0.25, 0.3) is 259 Å². The maximum atomic E-state index is 6.47. The van der Waals surface area contributed by atoms with Gasteiger partial charge in [0.2, 0.25) is 0 Å². The molecule has 9 aromatic heterocycles. The molecule has 0 spiro atoms. The first-order valence-electron chi connectivity index (χ1n) is 42.5. The van der Waals surface area contributed by atoms with Gasteiger partial charge in [0.25, 0.3) is 0 Å². The Hall–Kier alpha value is -17.0. The van der Waals surface area contributed by atoms with Crippen LogP contribution in [0.2, 0.25) is 0 Å². The predicted molar refractivity (Wildman–Crippen MR) is 521 cm³/mol. The normalized spacial score (nSPS) is 11.9. The van der Waals surface area contributed by atoms with Crippen LogP contribution in [-0.2, 0) is 0 Å². The summed E-state index contributed by atoms with van der Waals surface area (Å²) in [6.45, 7) is 0. The minimum atomic E-state index is 0.631. The van der Waals surface area contributed by atoms with Gasteiger partial charge in [0.15, 0.2) is 34.9 Å². The van der Waals surface area contributed by atoms with E-state index in [4.69, 9.17) is 43.2 Å². The fourth-order valence-corrected chi connectivity index (χ4v) is 20.1. The van der Waals surface area contributed by atoms with E-state index in [1.165, 1.54) is 52.5 Å². The molecule has 0 aliphatic rings. The highest BCUT2D eigenvalue weighted by molar-refractivity contribution is 7.25. The number of fused-ring (bicyclic) bond motifs is 21. The van der Waals surface area contributed by atoms with E-state index >= 15 is 0 Å². The number of rotatable bonds is 11. The van der Waals surface area contributed by atoms with Crippen molar-refractivity contribution < 1.29 is 13.3 Å². The summed E-state index contributed by atoms with van der Waals surface area (Å²) < 4.78 is 28.8. The molecule has 0 aliphatic heterocycles. The molecule has 13 heteroatoms. The van der Waals surface area contributed by atoms with Crippen LogP contribution in [0.15, 0.2) is 420 Å². The van der Waals surface area contributed by atoms with Crippen molar-refractivity contribution in [2.75, 3.05) is 0 Å². The van der Waals surface area contributed by atoms with Crippen molar-refractivity contribution in [1.29, 1.82) is 0 Å². The molecule has 127 heavy (non-hydrogen) atoms. The summed E-state index contributed by atoms with van der Waals surface area (Å²) in [5.74, 6) is 3.86. The van der Waals surface area contributed by atoms with Crippen molar-refractivity contribution in [1.82, 2.24) is 43.6 Å². The van der Waals surface area contributed by atoms with Crippen LogP contribution in [0.4, 0.5) is 0 Å². The van der Waals surface area contributed by atoms with Crippen LogP contribution in [0.5, 0.6) is 0 Å². The lowest BCUT2D eigenvalue weighted by atomic mass is 10.0. The number of hydrogen-bond donors (Lipinski definition) is 0. The summed E-state index contributed by atoms with van der Waals surface area (Å²) in [5, 5.41) is 16.1. The average molecular weight is 1640 g/mol. The Labute approximate surface area is 728 Å². The van der Waals surface area contributed by atoms with Crippen molar-refractivity contribution in [3.05, 3.63) is 406 Å². The van der Waals surface area contributed by atoms with Gasteiger partial charge in [-0.25, -0.2) is 29.9 Å². The average Bonchev–Trinajstić information content (AvgIpc) is 1.58. The summed E-state index contributed by atoms with van der Waals surface area (Å²) >= 11 is 1.81. The second-order valence-corrected chi connectivity index (χ2v) is 33.5. The van der Waals surface area contributed by atoms with E-state index < -0.39 is 0 Å². The number of hydrogen-bond acceptors (Lipinski definition) is 10. The monoisotopic (exact) mass is 1640 g/mol. The minimum Gasteiger partial charge on any atom is -0.456 e. The molecule has 0 atom stereocenters. The van der Waals surface area contributed by atoms with Crippen LogP contribution in [-0.4, -0.2) is 43.6 Å². The van der Waals surface area contributed by atoms with Gasteiger partial charge in [-0.1, -0.05) is 249 Å². The van der Waals surface area contributed by atoms with Crippen LogP contribution in [0, 0.1) is 0 Å². The van der Waals surface area contributed by atoms with Crippen LogP contribution in [0.1, 0.15) is 0 Å². The van der Waals surface area contributed by atoms with E-state index in [9.17, 15) is 0 Å². The molecule has 0 aliphatic carbocycles. The predicted octanol–water partition coefficient (Wildman–Crippen LogP) is 30.4. The molecule has 0 fully saturated rings. The summed E-state index contributed by atoms with van der Waals surface area (Å²) in [6, 6.07) is 143. The standard InChI is InChI=1S/C57H35N5O.C57H32N4O2S/c1-3-14-36(15-4-1)55-58-56(37-16-5-2-6-17-37)60-57(59-55)38-26-29-40(30-27-38)61-49-23-10-8-19-44(49)48-35-41(31-33-52(48)61)62-50-24-11-7-18-43(50)47-34-39(28-32-51(47)62)42-21-13-22-46-45-20-9-12-25-53(45)63-54(42)46;1-3-11-33(12-4-1)55-58-56(34-13-5-2-6-14-34)60-57(59-55)37-21-25-53-45(29-37)46-30-38(22-26-54(46)64-53)61-47-17-9-7-15-39(47)41-27-35(19-23-48(41)61)36-20-24-50-42(28-36)44-32-51-43(31-52(44)63-50)40-16-8-10-18-49(40)62-51/h1-35H;1-32H. The molecule has 27 rings (SSSR count). The van der Waals surface area contributed by atoms with Crippen LogP contribution >= 0.6 is 11.3 Å². The van der Waals surface area contributed by atoms with Gasteiger partial charge < -0.3 is 27.0 Å². The molecule has 27 aromatic rings. The highest BCUT2D eigenvalue weighted by Crippen LogP contribution is 2.46. The number of nitrogens with zero attached hydrogens (tertiary/aromatic N) is 9. The summed E-state index contributed by atoms with van der Waals surface area (Å²) in [4.78, 5) is 29.8. The van der Waals surface area contributed by atoms with E-state index in [2.05, 4.69) is 268 Å². The highest BCUT2D eigenvalue weighted by atomic mass is 32.1.